The van der Waals surface area contributed by atoms with E-state index in [4.69, 9.17) is 10.9 Å². The van der Waals surface area contributed by atoms with Gasteiger partial charge in [-0.05, 0) is 40.4 Å². The number of nitrogens with two attached hydrogens (primary N) is 1. The first-order valence-electron chi connectivity index (χ1n) is 6.38. The van der Waals surface area contributed by atoms with E-state index in [9.17, 15) is 4.79 Å². The maximum atomic E-state index is 12.2. The monoisotopic (exact) mass is 258 g/mol. The van der Waals surface area contributed by atoms with Crippen molar-refractivity contribution in [2.24, 2.45) is 16.8 Å². The Morgan fingerprint density at radius 2 is 1.94 bits per heavy atom. The summed E-state index contributed by atoms with van der Waals surface area (Å²) in [6, 6.07) is 0. The Hall–Kier alpha value is -1.30. The number of nitrogens with zero attached hydrogens (tertiary/aromatic N) is 3. The number of amidine groups is 1. The fourth-order valence-corrected chi connectivity index (χ4v) is 1.80. The Kier molecular flexibility index (Phi) is 8.11. The van der Waals surface area contributed by atoms with Crippen molar-refractivity contribution in [3.8, 4) is 0 Å². The van der Waals surface area contributed by atoms with Gasteiger partial charge in [0, 0.05) is 13.1 Å². The number of oxime groups is 1. The summed E-state index contributed by atoms with van der Waals surface area (Å²) in [6.45, 7) is 6.06. The topological polar surface area (TPSA) is 82.2 Å². The lowest BCUT2D eigenvalue weighted by Crippen LogP contribution is -2.42. The van der Waals surface area contributed by atoms with Gasteiger partial charge >= 0.3 is 0 Å². The maximum Gasteiger partial charge on any atom is 0.233 e. The van der Waals surface area contributed by atoms with Crippen LogP contribution in [0.15, 0.2) is 5.16 Å². The van der Waals surface area contributed by atoms with Crippen LogP contribution < -0.4 is 5.73 Å². The Balaban J connectivity index is 4.49. The fraction of sp³-hybridized carbons (Fsp3) is 0.833. The first kappa shape index (κ1) is 16.7. The number of hydrogen-bond donors (Lipinski definition) is 2. The molecule has 0 aromatic carbocycles. The van der Waals surface area contributed by atoms with Crippen molar-refractivity contribution in [1.29, 1.82) is 0 Å². The summed E-state index contributed by atoms with van der Waals surface area (Å²) < 4.78 is 0. The minimum Gasteiger partial charge on any atom is -0.409 e. The maximum absolute atomic E-state index is 12.2. The van der Waals surface area contributed by atoms with Crippen LogP contribution in [0.5, 0.6) is 0 Å². The van der Waals surface area contributed by atoms with Crippen molar-refractivity contribution in [1.82, 2.24) is 9.80 Å². The largest absolute Gasteiger partial charge is 0.409 e. The smallest absolute Gasteiger partial charge is 0.233 e. The molecule has 0 rings (SSSR count). The van der Waals surface area contributed by atoms with Gasteiger partial charge in [-0.3, -0.25) is 4.79 Å². The van der Waals surface area contributed by atoms with Crippen LogP contribution in [0.3, 0.4) is 0 Å². The highest BCUT2D eigenvalue weighted by molar-refractivity contribution is 6.01. The summed E-state index contributed by atoms with van der Waals surface area (Å²) in [5.41, 5.74) is 5.54. The molecule has 0 fully saturated rings. The predicted octanol–water partition coefficient (Wildman–Crippen LogP) is 0.559. The lowest BCUT2D eigenvalue weighted by atomic mass is 10.0. The van der Waals surface area contributed by atoms with E-state index in [0.717, 1.165) is 13.0 Å². The van der Waals surface area contributed by atoms with E-state index in [2.05, 4.69) is 10.1 Å². The fourth-order valence-electron chi connectivity index (χ4n) is 1.80. The van der Waals surface area contributed by atoms with Crippen molar-refractivity contribution in [3.63, 3.8) is 0 Å². The van der Waals surface area contributed by atoms with E-state index in [1.807, 2.05) is 27.9 Å². The molecule has 3 N–H and O–H groups in total. The third-order valence-electron chi connectivity index (χ3n) is 2.91. The van der Waals surface area contributed by atoms with Gasteiger partial charge in [0.05, 0.1) is 5.92 Å². The van der Waals surface area contributed by atoms with Gasteiger partial charge in [0.25, 0.3) is 0 Å². The Bertz CT molecular complexity index is 279. The normalized spacial score (nSPS) is 13.7. The minimum atomic E-state index is -0.519. The highest BCUT2D eigenvalue weighted by atomic mass is 16.4. The average molecular weight is 258 g/mol. The molecule has 0 aliphatic heterocycles. The third-order valence-corrected chi connectivity index (χ3v) is 2.91. The SMILES string of the molecule is CCC(C(=O)N(CC)CCCN(C)C)C(N)=NO. The van der Waals surface area contributed by atoms with Crippen LogP contribution >= 0.6 is 0 Å². The molecule has 106 valence electrons. The van der Waals surface area contributed by atoms with E-state index in [-0.39, 0.29) is 11.7 Å². The van der Waals surface area contributed by atoms with E-state index < -0.39 is 5.92 Å². The summed E-state index contributed by atoms with van der Waals surface area (Å²) in [5.74, 6) is -0.586. The summed E-state index contributed by atoms with van der Waals surface area (Å²) in [5, 5.41) is 11.6. The average Bonchev–Trinajstić information content (AvgIpc) is 2.34. The van der Waals surface area contributed by atoms with Gasteiger partial charge in [0.1, 0.15) is 0 Å². The summed E-state index contributed by atoms with van der Waals surface area (Å²) >= 11 is 0. The second-order valence-corrected chi connectivity index (χ2v) is 4.56. The predicted molar refractivity (Wildman–Crippen MR) is 72.6 cm³/mol. The second kappa shape index (κ2) is 8.74. The van der Waals surface area contributed by atoms with Gasteiger partial charge in [0.2, 0.25) is 5.91 Å². The standard InChI is InChI=1S/C12H26N4O2/c1-5-10(11(13)14-18)12(17)16(6-2)9-7-8-15(3)4/h10,18H,5-9H2,1-4H3,(H2,13,14). The molecule has 0 aliphatic carbocycles. The number of carbonyl (C=O) groups excluding carboxylic acids is 1. The molecule has 0 heterocycles. The van der Waals surface area contributed by atoms with Gasteiger partial charge in [0.15, 0.2) is 5.84 Å². The van der Waals surface area contributed by atoms with Crippen LogP contribution in [-0.2, 0) is 4.79 Å². The minimum absolute atomic E-state index is 0.00596. The number of hydrogen-bond acceptors (Lipinski definition) is 4. The van der Waals surface area contributed by atoms with E-state index in [0.29, 0.717) is 19.5 Å². The Labute approximate surface area is 109 Å². The van der Waals surface area contributed by atoms with Crippen LogP contribution in [-0.4, -0.2) is 60.5 Å². The molecule has 18 heavy (non-hydrogen) atoms. The van der Waals surface area contributed by atoms with Crippen LogP contribution in [0.2, 0.25) is 0 Å². The lowest BCUT2D eigenvalue weighted by molar-refractivity contribution is -0.133. The Morgan fingerprint density at radius 3 is 2.33 bits per heavy atom. The quantitative estimate of drug-likeness (QED) is 0.288. The van der Waals surface area contributed by atoms with Crippen molar-refractivity contribution in [2.45, 2.75) is 26.7 Å². The van der Waals surface area contributed by atoms with Crippen molar-refractivity contribution in [2.75, 3.05) is 33.7 Å². The highest BCUT2D eigenvalue weighted by Crippen LogP contribution is 2.09. The first-order valence-corrected chi connectivity index (χ1v) is 6.38. The third kappa shape index (κ3) is 5.35. The molecular weight excluding hydrogens is 232 g/mol. The number of carbonyl (C=O) groups is 1. The zero-order valence-corrected chi connectivity index (χ0v) is 11.9. The molecule has 0 spiro atoms. The molecule has 0 saturated carbocycles. The molecule has 0 aromatic rings. The molecule has 1 amide bonds. The molecule has 0 saturated heterocycles. The van der Waals surface area contributed by atoms with Gasteiger partial charge in [-0.25, -0.2) is 0 Å². The van der Waals surface area contributed by atoms with E-state index in [1.165, 1.54) is 0 Å². The van der Waals surface area contributed by atoms with Gasteiger partial charge in [-0.15, -0.1) is 0 Å². The second-order valence-electron chi connectivity index (χ2n) is 4.56. The zero-order valence-electron chi connectivity index (χ0n) is 11.9. The zero-order chi connectivity index (χ0) is 14.1. The molecule has 6 nitrogen and oxygen atoms in total. The summed E-state index contributed by atoms with van der Waals surface area (Å²) in [4.78, 5) is 16.1. The molecular formula is C12H26N4O2. The van der Waals surface area contributed by atoms with Crippen LogP contribution in [0.25, 0.3) is 0 Å². The first-order chi connectivity index (χ1) is 8.47. The van der Waals surface area contributed by atoms with E-state index >= 15 is 0 Å². The summed E-state index contributed by atoms with van der Waals surface area (Å²) in [6.07, 6.45) is 1.46. The molecule has 0 radical (unpaired) electrons. The van der Waals surface area contributed by atoms with Gasteiger partial charge in [-0.2, -0.15) is 0 Å². The Morgan fingerprint density at radius 1 is 1.33 bits per heavy atom. The molecule has 0 bridgehead atoms. The van der Waals surface area contributed by atoms with Crippen molar-refractivity contribution >= 4 is 11.7 Å². The molecule has 0 aliphatic rings. The number of amides is 1. The van der Waals surface area contributed by atoms with Crippen LogP contribution in [0.1, 0.15) is 26.7 Å². The van der Waals surface area contributed by atoms with Crippen LogP contribution in [0, 0.1) is 5.92 Å². The lowest BCUT2D eigenvalue weighted by Gasteiger charge is -2.25. The van der Waals surface area contributed by atoms with Crippen molar-refractivity contribution in [3.05, 3.63) is 0 Å². The van der Waals surface area contributed by atoms with Gasteiger partial charge < -0.3 is 20.7 Å². The highest BCUT2D eigenvalue weighted by Gasteiger charge is 2.25. The summed E-state index contributed by atoms with van der Waals surface area (Å²) in [7, 11) is 4.01. The van der Waals surface area contributed by atoms with Gasteiger partial charge in [-0.1, -0.05) is 12.1 Å². The molecule has 1 unspecified atom stereocenters. The molecule has 6 heteroatoms. The van der Waals surface area contributed by atoms with E-state index in [1.54, 1.807) is 4.90 Å². The molecule has 0 aromatic heterocycles. The van der Waals surface area contributed by atoms with Crippen LogP contribution in [0.4, 0.5) is 0 Å². The van der Waals surface area contributed by atoms with Crippen molar-refractivity contribution < 1.29 is 10.0 Å². The molecule has 1 atom stereocenters. The number of rotatable bonds is 8.